The van der Waals surface area contributed by atoms with Crippen LogP contribution < -0.4 is 0 Å². The number of nitro benzene ring substituents is 1. The zero-order valence-electron chi connectivity index (χ0n) is 9.90. The van der Waals surface area contributed by atoms with E-state index in [1.807, 2.05) is 0 Å². The van der Waals surface area contributed by atoms with Gasteiger partial charge in [-0.2, -0.15) is 0 Å². The Morgan fingerprint density at radius 2 is 2.21 bits per heavy atom. The number of hydrogen-bond donors (Lipinski definition) is 0. The van der Waals surface area contributed by atoms with Gasteiger partial charge in [0.2, 0.25) is 0 Å². The summed E-state index contributed by atoms with van der Waals surface area (Å²) in [5, 5.41) is 10.8. The zero-order valence-corrected chi connectivity index (χ0v) is 11.5. The number of nitro groups is 1. The largest absolute Gasteiger partial charge is 0.462 e. The Balaban J connectivity index is 2.13. The number of benzene rings is 1. The van der Waals surface area contributed by atoms with Gasteiger partial charge in [0.25, 0.3) is 5.69 Å². The summed E-state index contributed by atoms with van der Waals surface area (Å²) in [7, 11) is 0. The average Bonchev–Trinajstić information content (AvgIpc) is 3.15. The van der Waals surface area contributed by atoms with Crippen molar-refractivity contribution in [1.82, 2.24) is 0 Å². The Bertz CT molecular complexity index is 531. The van der Waals surface area contributed by atoms with Gasteiger partial charge in [0.1, 0.15) is 11.4 Å². The number of carbonyl (C=O) groups excluding carboxylic acids is 1. The van der Waals surface area contributed by atoms with Gasteiger partial charge in [-0.3, -0.25) is 10.1 Å². The molecule has 7 heteroatoms. The fourth-order valence-corrected chi connectivity index (χ4v) is 1.98. The van der Waals surface area contributed by atoms with Crippen molar-refractivity contribution in [3.05, 3.63) is 38.1 Å². The Labute approximate surface area is 117 Å². The van der Waals surface area contributed by atoms with E-state index in [2.05, 4.69) is 15.9 Å². The quantitative estimate of drug-likeness (QED) is 0.470. The van der Waals surface area contributed by atoms with Crippen molar-refractivity contribution >= 4 is 27.6 Å². The van der Waals surface area contributed by atoms with Gasteiger partial charge in [-0.1, -0.05) is 12.8 Å². The minimum absolute atomic E-state index is 0.0614. The van der Waals surface area contributed by atoms with E-state index in [1.165, 1.54) is 0 Å². The molecular weight excluding hydrogens is 321 g/mol. The molecular formula is C12H11BrFNO4. The van der Waals surface area contributed by atoms with E-state index < -0.39 is 22.4 Å². The molecule has 0 bridgehead atoms. The molecule has 0 atom stereocenters. The third-order valence-electron chi connectivity index (χ3n) is 2.91. The topological polar surface area (TPSA) is 69.4 Å². The number of rotatable bonds is 5. The van der Waals surface area contributed by atoms with Crippen LogP contribution >= 0.6 is 15.9 Å². The summed E-state index contributed by atoms with van der Waals surface area (Å²) < 4.78 is 18.2. The van der Waals surface area contributed by atoms with Gasteiger partial charge in [-0.25, -0.2) is 9.18 Å². The van der Waals surface area contributed by atoms with E-state index in [0.717, 1.165) is 31.4 Å². The van der Waals surface area contributed by atoms with Crippen LogP contribution in [0.25, 0.3) is 0 Å². The molecule has 0 unspecified atom stereocenters. The summed E-state index contributed by atoms with van der Waals surface area (Å²) in [4.78, 5) is 21.8. The fourth-order valence-electron chi connectivity index (χ4n) is 1.65. The van der Waals surface area contributed by atoms with Crippen LogP contribution in [0.3, 0.4) is 0 Å². The summed E-state index contributed by atoms with van der Waals surface area (Å²) in [5.74, 6) is -1.01. The van der Waals surface area contributed by atoms with E-state index in [4.69, 9.17) is 4.74 Å². The summed E-state index contributed by atoms with van der Waals surface area (Å²) >= 11 is 2.85. The second kappa shape index (κ2) is 5.64. The first-order valence-electron chi connectivity index (χ1n) is 5.79. The predicted octanol–water partition coefficient (Wildman–Crippen LogP) is 3.45. The van der Waals surface area contributed by atoms with Crippen LogP contribution in [0.15, 0.2) is 16.6 Å². The lowest BCUT2D eigenvalue weighted by molar-refractivity contribution is -0.385. The summed E-state index contributed by atoms with van der Waals surface area (Å²) in [5.41, 5.74) is -0.828. The summed E-state index contributed by atoms with van der Waals surface area (Å²) in [6, 6.07) is 1.79. The van der Waals surface area contributed by atoms with Crippen LogP contribution in [0.1, 0.15) is 29.6 Å². The van der Waals surface area contributed by atoms with Gasteiger partial charge in [0.15, 0.2) is 0 Å². The molecule has 19 heavy (non-hydrogen) atoms. The molecule has 0 saturated heterocycles. The predicted molar refractivity (Wildman–Crippen MR) is 68.4 cm³/mol. The maximum atomic E-state index is 13.4. The molecule has 0 amide bonds. The van der Waals surface area contributed by atoms with Crippen molar-refractivity contribution in [3.8, 4) is 0 Å². The second-order valence-corrected chi connectivity index (χ2v) is 5.26. The summed E-state index contributed by atoms with van der Waals surface area (Å²) in [6.45, 7) is 0.207. The molecule has 0 aromatic heterocycles. The van der Waals surface area contributed by atoms with E-state index in [-0.39, 0.29) is 16.6 Å². The molecule has 0 N–H and O–H groups in total. The lowest BCUT2D eigenvalue weighted by atomic mass is 10.2. The van der Waals surface area contributed by atoms with Crippen LogP contribution in [0, 0.1) is 21.8 Å². The third kappa shape index (κ3) is 3.50. The molecule has 2 rings (SSSR count). The first-order chi connectivity index (χ1) is 8.99. The van der Waals surface area contributed by atoms with Crippen LogP contribution in [0.2, 0.25) is 0 Å². The van der Waals surface area contributed by atoms with Crippen LogP contribution in [0.4, 0.5) is 10.1 Å². The molecule has 0 radical (unpaired) electrons. The minimum atomic E-state index is -0.862. The maximum absolute atomic E-state index is 13.4. The molecule has 1 aliphatic rings. The highest BCUT2D eigenvalue weighted by atomic mass is 79.9. The highest BCUT2D eigenvalue weighted by molar-refractivity contribution is 9.10. The molecule has 102 valence electrons. The number of carbonyl (C=O) groups is 1. The van der Waals surface area contributed by atoms with E-state index in [9.17, 15) is 19.3 Å². The molecule has 1 aromatic carbocycles. The Hall–Kier alpha value is -1.50. The molecule has 0 heterocycles. The van der Waals surface area contributed by atoms with Crippen molar-refractivity contribution in [1.29, 1.82) is 0 Å². The number of halogens is 2. The molecule has 1 saturated carbocycles. The van der Waals surface area contributed by atoms with Crippen LogP contribution in [0.5, 0.6) is 0 Å². The van der Waals surface area contributed by atoms with E-state index >= 15 is 0 Å². The lowest BCUT2D eigenvalue weighted by Gasteiger charge is -2.06. The first-order valence-corrected chi connectivity index (χ1v) is 6.59. The zero-order chi connectivity index (χ0) is 14.0. The van der Waals surface area contributed by atoms with Crippen molar-refractivity contribution in [2.24, 2.45) is 5.92 Å². The fraction of sp³-hybridized carbons (Fsp3) is 0.417. The normalized spacial score (nSPS) is 14.2. The third-order valence-corrected chi connectivity index (χ3v) is 3.52. The van der Waals surface area contributed by atoms with Crippen molar-refractivity contribution in [2.75, 3.05) is 6.61 Å². The highest BCUT2D eigenvalue weighted by Gasteiger charge is 2.25. The SMILES string of the molecule is O=C(OCCC1CC1)c1cc(F)c(Br)cc1[N+](=O)[O-]. The van der Waals surface area contributed by atoms with Gasteiger partial charge < -0.3 is 4.74 Å². The molecule has 1 aromatic rings. The van der Waals surface area contributed by atoms with Crippen molar-refractivity contribution in [3.63, 3.8) is 0 Å². The molecule has 0 aliphatic heterocycles. The van der Waals surface area contributed by atoms with Crippen LogP contribution in [-0.4, -0.2) is 17.5 Å². The van der Waals surface area contributed by atoms with E-state index in [1.54, 1.807) is 0 Å². The maximum Gasteiger partial charge on any atom is 0.345 e. The van der Waals surface area contributed by atoms with Crippen LogP contribution in [-0.2, 0) is 4.74 Å². The van der Waals surface area contributed by atoms with Gasteiger partial charge in [-0.15, -0.1) is 0 Å². The summed E-state index contributed by atoms with van der Waals surface area (Å²) in [6.07, 6.45) is 3.01. The van der Waals surface area contributed by atoms with Crippen molar-refractivity contribution in [2.45, 2.75) is 19.3 Å². The monoisotopic (exact) mass is 331 g/mol. The smallest absolute Gasteiger partial charge is 0.345 e. The molecule has 5 nitrogen and oxygen atoms in total. The van der Waals surface area contributed by atoms with E-state index in [0.29, 0.717) is 5.92 Å². The standard InChI is InChI=1S/C12H11BrFNO4/c13-9-6-11(15(17)18)8(5-10(9)14)12(16)19-4-3-7-1-2-7/h5-7H,1-4H2. The second-order valence-electron chi connectivity index (χ2n) is 4.41. The average molecular weight is 332 g/mol. The van der Waals surface area contributed by atoms with Gasteiger partial charge in [-0.05, 0) is 34.3 Å². The number of esters is 1. The Kier molecular flexibility index (Phi) is 4.14. The Morgan fingerprint density at radius 3 is 2.79 bits per heavy atom. The van der Waals surface area contributed by atoms with Gasteiger partial charge in [0.05, 0.1) is 16.0 Å². The highest BCUT2D eigenvalue weighted by Crippen LogP contribution is 2.32. The van der Waals surface area contributed by atoms with Crippen molar-refractivity contribution < 1.29 is 18.8 Å². The molecule has 1 aliphatic carbocycles. The molecule has 0 spiro atoms. The molecule has 1 fully saturated rings. The van der Waals surface area contributed by atoms with Gasteiger partial charge in [0, 0.05) is 6.07 Å². The number of ether oxygens (including phenoxy) is 1. The lowest BCUT2D eigenvalue weighted by Crippen LogP contribution is -2.10. The minimum Gasteiger partial charge on any atom is -0.462 e. The number of nitrogens with zero attached hydrogens (tertiary/aromatic N) is 1. The number of hydrogen-bond acceptors (Lipinski definition) is 4. The first kappa shape index (κ1) is 13.9. The van der Waals surface area contributed by atoms with Gasteiger partial charge >= 0.3 is 5.97 Å². The Morgan fingerprint density at radius 1 is 1.53 bits per heavy atom.